The van der Waals surface area contributed by atoms with Gasteiger partial charge in [0.1, 0.15) is 11.3 Å². The minimum Gasteiger partial charge on any atom is -0.459 e. The lowest BCUT2D eigenvalue weighted by molar-refractivity contribution is 0.525. The number of aryl methyl sites for hydroxylation is 3. The predicted molar refractivity (Wildman–Crippen MR) is 63.2 cm³/mol. The lowest BCUT2D eigenvalue weighted by Crippen LogP contribution is -2.04. The van der Waals surface area contributed by atoms with E-state index < -0.39 is 0 Å². The zero-order valence-corrected chi connectivity index (χ0v) is 9.77. The normalized spacial score (nSPS) is 11.2. The second-order valence-electron chi connectivity index (χ2n) is 4.06. The minimum absolute atomic E-state index is 0.791. The molecule has 0 aliphatic carbocycles. The van der Waals surface area contributed by atoms with Gasteiger partial charge in [-0.1, -0.05) is 12.1 Å². The molecule has 1 heterocycles. The van der Waals surface area contributed by atoms with Crippen molar-refractivity contribution < 1.29 is 4.42 Å². The van der Waals surface area contributed by atoms with E-state index in [1.165, 1.54) is 22.1 Å². The lowest BCUT2D eigenvalue weighted by Gasteiger charge is -1.99. The van der Waals surface area contributed by atoms with Crippen molar-refractivity contribution in [1.82, 2.24) is 5.32 Å². The summed E-state index contributed by atoms with van der Waals surface area (Å²) in [5, 5.41) is 4.37. The summed E-state index contributed by atoms with van der Waals surface area (Å²) in [6, 6.07) is 4.30. The number of nitrogens with one attached hydrogen (secondary N) is 1. The average Bonchev–Trinajstić information content (AvgIpc) is 2.52. The summed E-state index contributed by atoms with van der Waals surface area (Å²) in [7, 11) is 1.94. The van der Waals surface area contributed by atoms with Gasteiger partial charge in [-0.15, -0.1) is 0 Å². The SMILES string of the molecule is CNCc1oc2c(C)c(C)ccc2c1C. The molecule has 0 saturated carbocycles. The first kappa shape index (κ1) is 10.2. The molecule has 1 aromatic carbocycles. The summed E-state index contributed by atoms with van der Waals surface area (Å²) in [4.78, 5) is 0. The maximum Gasteiger partial charge on any atom is 0.137 e. The summed E-state index contributed by atoms with van der Waals surface area (Å²) >= 11 is 0. The lowest BCUT2D eigenvalue weighted by atomic mass is 10.1. The summed E-state index contributed by atoms with van der Waals surface area (Å²) in [6.07, 6.45) is 0. The molecule has 0 bridgehead atoms. The van der Waals surface area contributed by atoms with Crippen LogP contribution < -0.4 is 5.32 Å². The van der Waals surface area contributed by atoms with Crippen LogP contribution >= 0.6 is 0 Å². The molecule has 0 atom stereocenters. The largest absolute Gasteiger partial charge is 0.459 e. The monoisotopic (exact) mass is 203 g/mol. The standard InChI is InChI=1S/C13H17NO/c1-8-5-6-11-10(3)12(7-14-4)15-13(11)9(8)2/h5-6,14H,7H2,1-4H3. The van der Waals surface area contributed by atoms with E-state index in [2.05, 4.69) is 38.2 Å². The van der Waals surface area contributed by atoms with Gasteiger partial charge < -0.3 is 9.73 Å². The summed E-state index contributed by atoms with van der Waals surface area (Å²) in [6.45, 7) is 7.14. The van der Waals surface area contributed by atoms with E-state index in [9.17, 15) is 0 Å². The first-order valence-corrected chi connectivity index (χ1v) is 5.28. The first-order valence-electron chi connectivity index (χ1n) is 5.28. The van der Waals surface area contributed by atoms with E-state index in [0.29, 0.717) is 0 Å². The predicted octanol–water partition coefficient (Wildman–Crippen LogP) is 3.08. The van der Waals surface area contributed by atoms with E-state index in [1.807, 2.05) is 7.05 Å². The van der Waals surface area contributed by atoms with Crippen LogP contribution in [0.15, 0.2) is 16.5 Å². The molecular formula is C13H17NO. The second kappa shape index (κ2) is 3.70. The van der Waals surface area contributed by atoms with Crippen LogP contribution in [-0.2, 0) is 6.54 Å². The molecule has 0 fully saturated rings. The van der Waals surface area contributed by atoms with Crippen molar-refractivity contribution in [3.8, 4) is 0 Å². The Morgan fingerprint density at radius 2 is 1.87 bits per heavy atom. The van der Waals surface area contributed by atoms with Crippen molar-refractivity contribution in [3.63, 3.8) is 0 Å². The Balaban J connectivity index is 2.70. The highest BCUT2D eigenvalue weighted by Gasteiger charge is 2.11. The third-order valence-corrected chi connectivity index (χ3v) is 3.06. The molecule has 0 radical (unpaired) electrons. The van der Waals surface area contributed by atoms with Crippen molar-refractivity contribution in [1.29, 1.82) is 0 Å². The molecule has 1 aromatic heterocycles. The van der Waals surface area contributed by atoms with Crippen LogP contribution in [0.3, 0.4) is 0 Å². The maximum absolute atomic E-state index is 5.89. The molecule has 0 saturated heterocycles. The van der Waals surface area contributed by atoms with Gasteiger partial charge in [-0.3, -0.25) is 0 Å². The molecule has 0 amide bonds. The third-order valence-electron chi connectivity index (χ3n) is 3.06. The third kappa shape index (κ3) is 1.55. The van der Waals surface area contributed by atoms with Crippen molar-refractivity contribution in [3.05, 3.63) is 34.6 Å². The van der Waals surface area contributed by atoms with Crippen LogP contribution in [0.25, 0.3) is 11.0 Å². The molecule has 0 aliphatic heterocycles. The molecule has 80 valence electrons. The van der Waals surface area contributed by atoms with Gasteiger partial charge in [0.15, 0.2) is 0 Å². The Labute approximate surface area is 90.3 Å². The van der Waals surface area contributed by atoms with Gasteiger partial charge in [0, 0.05) is 5.39 Å². The van der Waals surface area contributed by atoms with Crippen LogP contribution in [0.4, 0.5) is 0 Å². The highest BCUT2D eigenvalue weighted by atomic mass is 16.3. The molecule has 2 aromatic rings. The van der Waals surface area contributed by atoms with Gasteiger partial charge in [-0.05, 0) is 44.5 Å². The number of hydrogen-bond acceptors (Lipinski definition) is 2. The molecule has 0 spiro atoms. The summed E-state index contributed by atoms with van der Waals surface area (Å²) in [5.41, 5.74) is 4.82. The van der Waals surface area contributed by atoms with Gasteiger partial charge in [0.25, 0.3) is 0 Å². The maximum atomic E-state index is 5.89. The van der Waals surface area contributed by atoms with Crippen LogP contribution in [0.1, 0.15) is 22.5 Å². The Hall–Kier alpha value is -1.28. The topological polar surface area (TPSA) is 25.2 Å². The van der Waals surface area contributed by atoms with Crippen molar-refractivity contribution in [2.75, 3.05) is 7.05 Å². The fourth-order valence-electron chi connectivity index (χ4n) is 1.90. The highest BCUT2D eigenvalue weighted by Crippen LogP contribution is 2.29. The Bertz CT molecular complexity index is 497. The quantitative estimate of drug-likeness (QED) is 0.811. The van der Waals surface area contributed by atoms with Gasteiger partial charge in [-0.2, -0.15) is 0 Å². The second-order valence-corrected chi connectivity index (χ2v) is 4.06. The summed E-state index contributed by atoms with van der Waals surface area (Å²) in [5.74, 6) is 1.04. The van der Waals surface area contributed by atoms with Gasteiger partial charge in [0.05, 0.1) is 6.54 Å². The van der Waals surface area contributed by atoms with Gasteiger partial charge >= 0.3 is 0 Å². The van der Waals surface area contributed by atoms with Gasteiger partial charge in [-0.25, -0.2) is 0 Å². The van der Waals surface area contributed by atoms with E-state index in [1.54, 1.807) is 0 Å². The Morgan fingerprint density at radius 1 is 1.13 bits per heavy atom. The Morgan fingerprint density at radius 3 is 2.53 bits per heavy atom. The first-order chi connectivity index (χ1) is 7.15. The fraction of sp³-hybridized carbons (Fsp3) is 0.385. The zero-order chi connectivity index (χ0) is 11.0. The molecular weight excluding hydrogens is 186 g/mol. The zero-order valence-electron chi connectivity index (χ0n) is 9.77. The smallest absolute Gasteiger partial charge is 0.137 e. The average molecular weight is 203 g/mol. The van der Waals surface area contributed by atoms with Crippen LogP contribution in [-0.4, -0.2) is 7.05 Å². The van der Waals surface area contributed by atoms with Crippen molar-refractivity contribution in [2.45, 2.75) is 27.3 Å². The summed E-state index contributed by atoms with van der Waals surface area (Å²) < 4.78 is 5.89. The van der Waals surface area contributed by atoms with Crippen LogP contribution in [0, 0.1) is 20.8 Å². The number of hydrogen-bond donors (Lipinski definition) is 1. The van der Waals surface area contributed by atoms with E-state index >= 15 is 0 Å². The van der Waals surface area contributed by atoms with Crippen molar-refractivity contribution >= 4 is 11.0 Å². The van der Waals surface area contributed by atoms with E-state index in [0.717, 1.165) is 17.9 Å². The Kier molecular flexibility index (Phi) is 2.53. The molecule has 0 unspecified atom stereocenters. The van der Waals surface area contributed by atoms with Crippen LogP contribution in [0.2, 0.25) is 0 Å². The molecule has 1 N–H and O–H groups in total. The number of rotatable bonds is 2. The van der Waals surface area contributed by atoms with Crippen LogP contribution in [0.5, 0.6) is 0 Å². The molecule has 2 heteroatoms. The number of fused-ring (bicyclic) bond motifs is 1. The molecule has 15 heavy (non-hydrogen) atoms. The minimum atomic E-state index is 0.791. The highest BCUT2D eigenvalue weighted by molar-refractivity contribution is 5.85. The van der Waals surface area contributed by atoms with E-state index in [-0.39, 0.29) is 0 Å². The molecule has 2 nitrogen and oxygen atoms in total. The fourth-order valence-corrected chi connectivity index (χ4v) is 1.90. The number of furan rings is 1. The van der Waals surface area contributed by atoms with Crippen molar-refractivity contribution in [2.24, 2.45) is 0 Å². The van der Waals surface area contributed by atoms with E-state index in [4.69, 9.17) is 4.42 Å². The number of benzene rings is 1. The molecule has 2 rings (SSSR count). The van der Waals surface area contributed by atoms with Gasteiger partial charge in [0.2, 0.25) is 0 Å². The molecule has 0 aliphatic rings.